The Hall–Kier alpha value is -1.51. The third-order valence-electron chi connectivity index (χ3n) is 1.79. The standard InChI is InChI=1S/C8H7Cl2N3O4S/c9-4-2-5(10)6(1-3(4)7(14)15)18(16,17)13-8(11)12/h1-2H,(H,14,15)(H4,11,12,13). The maximum absolute atomic E-state index is 11.7. The summed E-state index contributed by atoms with van der Waals surface area (Å²) in [6.45, 7) is 0. The third-order valence-corrected chi connectivity index (χ3v) is 3.93. The van der Waals surface area contributed by atoms with Crippen LogP contribution in [0.3, 0.4) is 0 Å². The number of nitrogens with two attached hydrogens (primary N) is 1. The van der Waals surface area contributed by atoms with E-state index in [-0.39, 0.29) is 10.0 Å². The molecule has 0 aliphatic rings. The summed E-state index contributed by atoms with van der Waals surface area (Å²) < 4.78 is 25.1. The van der Waals surface area contributed by atoms with Gasteiger partial charge in [0.1, 0.15) is 4.90 Å². The Morgan fingerprint density at radius 1 is 1.33 bits per heavy atom. The maximum Gasteiger partial charge on any atom is 0.337 e. The summed E-state index contributed by atoms with van der Waals surface area (Å²) in [5.41, 5.74) is 4.48. The van der Waals surface area contributed by atoms with E-state index < -0.39 is 32.4 Å². The van der Waals surface area contributed by atoms with Crippen LogP contribution in [-0.4, -0.2) is 25.5 Å². The van der Waals surface area contributed by atoms with Crippen LogP contribution in [0.1, 0.15) is 10.4 Å². The van der Waals surface area contributed by atoms with Gasteiger partial charge in [0.15, 0.2) is 5.96 Å². The first kappa shape index (κ1) is 14.6. The summed E-state index contributed by atoms with van der Waals surface area (Å²) in [5, 5.41) is 15.2. The molecular weight excluding hydrogens is 305 g/mol. The molecule has 0 aliphatic heterocycles. The first-order valence-corrected chi connectivity index (χ1v) is 6.48. The fourth-order valence-electron chi connectivity index (χ4n) is 1.10. The molecule has 0 spiro atoms. The van der Waals surface area contributed by atoms with Gasteiger partial charge in [0, 0.05) is 0 Å². The van der Waals surface area contributed by atoms with Crippen molar-refractivity contribution in [2.24, 2.45) is 5.73 Å². The van der Waals surface area contributed by atoms with E-state index >= 15 is 0 Å². The molecular formula is C8H7Cl2N3O4S. The SMILES string of the molecule is N=C(N)NS(=O)(=O)c1cc(C(=O)O)c(Cl)cc1Cl. The molecule has 98 valence electrons. The van der Waals surface area contributed by atoms with Gasteiger partial charge in [0.05, 0.1) is 15.6 Å². The fourth-order valence-corrected chi connectivity index (χ4v) is 2.86. The predicted octanol–water partition coefficient (Wildman–Crippen LogP) is 0.863. The number of sulfonamides is 1. The molecule has 10 heteroatoms. The molecule has 1 aromatic rings. The second kappa shape index (κ2) is 5.01. The lowest BCUT2D eigenvalue weighted by Crippen LogP contribution is -2.35. The second-order valence-corrected chi connectivity index (χ2v) is 5.55. The zero-order valence-electron chi connectivity index (χ0n) is 8.57. The van der Waals surface area contributed by atoms with Crippen LogP contribution in [0, 0.1) is 5.41 Å². The second-order valence-electron chi connectivity index (χ2n) is 3.09. The van der Waals surface area contributed by atoms with Gasteiger partial charge in [-0.15, -0.1) is 0 Å². The van der Waals surface area contributed by atoms with Crippen molar-refractivity contribution in [1.82, 2.24) is 4.72 Å². The van der Waals surface area contributed by atoms with Crippen molar-refractivity contribution in [3.05, 3.63) is 27.7 Å². The lowest BCUT2D eigenvalue weighted by molar-refractivity contribution is 0.0697. The molecule has 5 N–H and O–H groups in total. The van der Waals surface area contributed by atoms with Crippen LogP contribution in [0.2, 0.25) is 10.0 Å². The number of aromatic carboxylic acids is 1. The highest BCUT2D eigenvalue weighted by Gasteiger charge is 2.22. The first-order valence-electron chi connectivity index (χ1n) is 4.24. The molecule has 0 radical (unpaired) electrons. The van der Waals surface area contributed by atoms with Crippen molar-refractivity contribution >= 4 is 45.2 Å². The van der Waals surface area contributed by atoms with Crippen LogP contribution in [0.25, 0.3) is 0 Å². The minimum Gasteiger partial charge on any atom is -0.478 e. The van der Waals surface area contributed by atoms with Gasteiger partial charge in [-0.05, 0) is 12.1 Å². The lowest BCUT2D eigenvalue weighted by atomic mass is 10.2. The van der Waals surface area contributed by atoms with E-state index in [2.05, 4.69) is 0 Å². The molecule has 1 rings (SSSR count). The largest absolute Gasteiger partial charge is 0.478 e. The van der Waals surface area contributed by atoms with Crippen LogP contribution in [0.4, 0.5) is 0 Å². The minimum atomic E-state index is -4.22. The molecule has 0 aromatic heterocycles. The van der Waals surface area contributed by atoms with Gasteiger partial charge < -0.3 is 10.8 Å². The van der Waals surface area contributed by atoms with Gasteiger partial charge in [-0.3, -0.25) is 5.41 Å². The lowest BCUT2D eigenvalue weighted by Gasteiger charge is -2.09. The van der Waals surface area contributed by atoms with Crippen molar-refractivity contribution in [1.29, 1.82) is 5.41 Å². The van der Waals surface area contributed by atoms with Crippen LogP contribution in [0.15, 0.2) is 17.0 Å². The summed E-state index contributed by atoms with van der Waals surface area (Å²) in [5.74, 6) is -2.23. The number of carboxylic acids is 1. The van der Waals surface area contributed by atoms with Crippen LogP contribution in [0.5, 0.6) is 0 Å². The van der Waals surface area contributed by atoms with Gasteiger partial charge in [-0.1, -0.05) is 23.2 Å². The van der Waals surface area contributed by atoms with Crippen molar-refractivity contribution in [2.45, 2.75) is 4.90 Å². The number of guanidine groups is 1. The van der Waals surface area contributed by atoms with Crippen LogP contribution < -0.4 is 10.5 Å². The topological polar surface area (TPSA) is 133 Å². The number of carboxylic acid groups (broad SMARTS) is 1. The van der Waals surface area contributed by atoms with E-state index in [9.17, 15) is 13.2 Å². The van der Waals surface area contributed by atoms with E-state index in [0.29, 0.717) is 0 Å². The molecule has 0 amide bonds. The number of carbonyl (C=O) groups is 1. The molecule has 0 aliphatic carbocycles. The van der Waals surface area contributed by atoms with Gasteiger partial charge in [0.25, 0.3) is 10.0 Å². The number of hydrogen-bond donors (Lipinski definition) is 4. The van der Waals surface area contributed by atoms with Crippen LogP contribution >= 0.6 is 23.2 Å². The van der Waals surface area contributed by atoms with Crippen molar-refractivity contribution in [2.75, 3.05) is 0 Å². The molecule has 0 saturated heterocycles. The highest BCUT2D eigenvalue weighted by Crippen LogP contribution is 2.28. The Morgan fingerprint density at radius 3 is 2.33 bits per heavy atom. The molecule has 7 nitrogen and oxygen atoms in total. The van der Waals surface area contributed by atoms with Crippen molar-refractivity contribution in [3.63, 3.8) is 0 Å². The Labute approximate surface area is 112 Å². The normalized spacial score (nSPS) is 11.0. The molecule has 0 heterocycles. The average Bonchev–Trinajstić information content (AvgIpc) is 2.13. The molecule has 0 unspecified atom stereocenters. The minimum absolute atomic E-state index is 0.200. The van der Waals surface area contributed by atoms with E-state index in [1.165, 1.54) is 0 Å². The van der Waals surface area contributed by atoms with E-state index in [1.54, 1.807) is 4.72 Å². The molecule has 0 saturated carbocycles. The first-order chi connectivity index (χ1) is 8.15. The average molecular weight is 312 g/mol. The zero-order chi connectivity index (χ0) is 14.1. The number of nitrogens with one attached hydrogen (secondary N) is 2. The smallest absolute Gasteiger partial charge is 0.337 e. The molecule has 0 bridgehead atoms. The quantitative estimate of drug-likeness (QED) is 0.485. The number of hydrogen-bond acceptors (Lipinski definition) is 4. The van der Waals surface area contributed by atoms with E-state index in [1.807, 2.05) is 0 Å². The molecule has 18 heavy (non-hydrogen) atoms. The van der Waals surface area contributed by atoms with Crippen molar-refractivity contribution in [3.8, 4) is 0 Å². The summed E-state index contributed by atoms with van der Waals surface area (Å²) in [6, 6.07) is 1.78. The molecule has 0 atom stereocenters. The Bertz CT molecular complexity index is 629. The molecule has 0 fully saturated rings. The number of rotatable bonds is 3. The summed E-state index contributed by atoms with van der Waals surface area (Å²) >= 11 is 11.3. The number of benzene rings is 1. The van der Waals surface area contributed by atoms with E-state index in [4.69, 9.17) is 39.5 Å². The predicted molar refractivity (Wildman–Crippen MR) is 65.7 cm³/mol. The van der Waals surface area contributed by atoms with Crippen molar-refractivity contribution < 1.29 is 18.3 Å². The highest BCUT2D eigenvalue weighted by atomic mass is 35.5. The third kappa shape index (κ3) is 3.03. The Kier molecular flexibility index (Phi) is 4.05. The van der Waals surface area contributed by atoms with Gasteiger partial charge in [-0.25, -0.2) is 17.9 Å². The maximum atomic E-state index is 11.7. The monoisotopic (exact) mass is 311 g/mol. The van der Waals surface area contributed by atoms with Gasteiger partial charge in [-0.2, -0.15) is 0 Å². The van der Waals surface area contributed by atoms with Crippen LogP contribution in [-0.2, 0) is 10.0 Å². The summed E-state index contributed by atoms with van der Waals surface area (Å²) in [6.07, 6.45) is 0. The Balaban J connectivity index is 3.46. The summed E-state index contributed by atoms with van der Waals surface area (Å²) in [7, 11) is -4.22. The Morgan fingerprint density at radius 2 is 1.89 bits per heavy atom. The number of halogens is 2. The summed E-state index contributed by atoms with van der Waals surface area (Å²) in [4.78, 5) is 10.3. The van der Waals surface area contributed by atoms with Gasteiger partial charge in [0.2, 0.25) is 0 Å². The zero-order valence-corrected chi connectivity index (χ0v) is 10.9. The van der Waals surface area contributed by atoms with E-state index in [0.717, 1.165) is 12.1 Å². The highest BCUT2D eigenvalue weighted by molar-refractivity contribution is 7.90. The molecule has 1 aromatic carbocycles. The fraction of sp³-hybridized carbons (Fsp3) is 0. The van der Waals surface area contributed by atoms with Gasteiger partial charge >= 0.3 is 5.97 Å².